The minimum absolute atomic E-state index is 0.0894. The van der Waals surface area contributed by atoms with Gasteiger partial charge in [-0.1, -0.05) is 31.9 Å². The summed E-state index contributed by atoms with van der Waals surface area (Å²) in [6.45, 7) is 2.02. The highest BCUT2D eigenvalue weighted by Gasteiger charge is 2.38. The predicted molar refractivity (Wildman–Crippen MR) is 69.6 cm³/mol. The molecule has 4 nitrogen and oxygen atoms in total. The molecule has 0 radical (unpaired) electrons. The largest absolute Gasteiger partial charge is 0.369 e. The third kappa shape index (κ3) is 2.57. The number of primary amides is 1. The van der Waals surface area contributed by atoms with Crippen LogP contribution in [0.25, 0.3) is 0 Å². The second-order valence-corrected chi connectivity index (χ2v) is 5.80. The molecule has 100 valence electrons. The number of allylic oxidation sites excluding steroid dienone is 1. The number of rotatable bonds is 3. The maximum Gasteiger partial charge on any atom is 0.226 e. The summed E-state index contributed by atoms with van der Waals surface area (Å²) in [5, 5.41) is 3.04. The fourth-order valence-electron chi connectivity index (χ4n) is 3.01. The molecule has 0 aromatic rings. The Bertz CT molecular complexity index is 370. The first-order chi connectivity index (χ1) is 8.53. The van der Waals surface area contributed by atoms with Gasteiger partial charge in [0.05, 0.1) is 5.92 Å². The molecule has 0 aliphatic heterocycles. The molecule has 2 atom stereocenters. The summed E-state index contributed by atoms with van der Waals surface area (Å²) in [7, 11) is 0. The lowest BCUT2D eigenvalue weighted by atomic mass is 9.84. The number of nitrogens with two attached hydrogens (primary N) is 1. The van der Waals surface area contributed by atoms with Crippen molar-refractivity contribution in [2.45, 2.75) is 51.5 Å². The molecule has 2 amide bonds. The minimum atomic E-state index is -0.318. The van der Waals surface area contributed by atoms with E-state index in [2.05, 4.69) is 5.32 Å². The van der Waals surface area contributed by atoms with E-state index in [0.717, 1.165) is 25.7 Å². The molecule has 1 fully saturated rings. The molecule has 0 bridgehead atoms. The average molecular weight is 250 g/mol. The van der Waals surface area contributed by atoms with Crippen LogP contribution in [0.2, 0.25) is 0 Å². The van der Waals surface area contributed by atoms with Crippen LogP contribution in [0, 0.1) is 11.3 Å². The number of hydrogen-bond acceptors (Lipinski definition) is 2. The van der Waals surface area contributed by atoms with E-state index in [-0.39, 0.29) is 29.2 Å². The highest BCUT2D eigenvalue weighted by molar-refractivity contribution is 5.84. The van der Waals surface area contributed by atoms with Gasteiger partial charge in [-0.25, -0.2) is 0 Å². The Labute approximate surface area is 108 Å². The Hall–Kier alpha value is -1.32. The summed E-state index contributed by atoms with van der Waals surface area (Å²) in [6.07, 6.45) is 9.45. The Kier molecular flexibility index (Phi) is 3.73. The number of nitrogens with one attached hydrogen (secondary N) is 1. The zero-order valence-corrected chi connectivity index (χ0v) is 10.9. The van der Waals surface area contributed by atoms with E-state index in [9.17, 15) is 9.59 Å². The highest BCUT2D eigenvalue weighted by Crippen LogP contribution is 2.38. The molecule has 0 spiro atoms. The first-order valence-electron chi connectivity index (χ1n) is 6.78. The third-order valence-corrected chi connectivity index (χ3v) is 4.37. The normalized spacial score (nSPS) is 30.1. The van der Waals surface area contributed by atoms with E-state index in [1.165, 1.54) is 0 Å². The van der Waals surface area contributed by atoms with E-state index in [1.807, 2.05) is 19.1 Å². The van der Waals surface area contributed by atoms with E-state index in [0.29, 0.717) is 12.8 Å². The summed E-state index contributed by atoms with van der Waals surface area (Å²) in [6, 6.07) is -0.127. The second kappa shape index (κ2) is 5.12. The SMILES string of the molecule is CC1(C(=O)N[C@@H]2CC=CC[C@H]2C(N)=O)CCCC1. The van der Waals surface area contributed by atoms with Crippen molar-refractivity contribution in [1.29, 1.82) is 0 Å². The Morgan fingerprint density at radius 3 is 2.44 bits per heavy atom. The summed E-state index contributed by atoms with van der Waals surface area (Å²) in [5.41, 5.74) is 5.15. The Morgan fingerprint density at radius 2 is 1.83 bits per heavy atom. The zero-order valence-electron chi connectivity index (χ0n) is 10.9. The zero-order chi connectivity index (χ0) is 13.2. The maximum atomic E-state index is 12.3. The van der Waals surface area contributed by atoms with Crippen molar-refractivity contribution in [2.75, 3.05) is 0 Å². The first-order valence-corrected chi connectivity index (χ1v) is 6.78. The molecule has 1 saturated carbocycles. The molecule has 0 unspecified atom stereocenters. The molecular weight excluding hydrogens is 228 g/mol. The van der Waals surface area contributed by atoms with E-state index >= 15 is 0 Å². The van der Waals surface area contributed by atoms with Crippen LogP contribution in [0.3, 0.4) is 0 Å². The number of hydrogen-bond donors (Lipinski definition) is 2. The van der Waals surface area contributed by atoms with Crippen LogP contribution in [0.4, 0.5) is 0 Å². The van der Waals surface area contributed by atoms with Gasteiger partial charge in [0.15, 0.2) is 0 Å². The molecule has 2 aliphatic rings. The van der Waals surface area contributed by atoms with Gasteiger partial charge in [-0.2, -0.15) is 0 Å². The molecule has 18 heavy (non-hydrogen) atoms. The first kappa shape index (κ1) is 13.1. The molecule has 3 N–H and O–H groups in total. The van der Waals surface area contributed by atoms with Crippen molar-refractivity contribution in [3.8, 4) is 0 Å². The number of carbonyl (C=O) groups is 2. The number of carbonyl (C=O) groups excluding carboxylic acids is 2. The van der Waals surface area contributed by atoms with Crippen molar-refractivity contribution in [3.05, 3.63) is 12.2 Å². The van der Waals surface area contributed by atoms with Crippen molar-refractivity contribution in [2.24, 2.45) is 17.1 Å². The molecule has 2 aliphatic carbocycles. The monoisotopic (exact) mass is 250 g/mol. The van der Waals surface area contributed by atoms with Gasteiger partial charge in [-0.05, 0) is 25.7 Å². The van der Waals surface area contributed by atoms with Crippen molar-refractivity contribution in [3.63, 3.8) is 0 Å². The van der Waals surface area contributed by atoms with Gasteiger partial charge in [0.25, 0.3) is 0 Å². The molecule has 4 heteroatoms. The summed E-state index contributed by atoms with van der Waals surface area (Å²) in [5.74, 6) is -0.489. The van der Waals surface area contributed by atoms with Gasteiger partial charge in [-0.3, -0.25) is 9.59 Å². The highest BCUT2D eigenvalue weighted by atomic mass is 16.2. The second-order valence-electron chi connectivity index (χ2n) is 5.80. The van der Waals surface area contributed by atoms with Gasteiger partial charge in [0.1, 0.15) is 0 Å². The van der Waals surface area contributed by atoms with Gasteiger partial charge in [-0.15, -0.1) is 0 Å². The molecule has 2 rings (SSSR count). The van der Waals surface area contributed by atoms with Crippen LogP contribution in [-0.4, -0.2) is 17.9 Å². The fourth-order valence-corrected chi connectivity index (χ4v) is 3.01. The van der Waals surface area contributed by atoms with E-state index < -0.39 is 0 Å². The van der Waals surface area contributed by atoms with Crippen LogP contribution in [-0.2, 0) is 9.59 Å². The van der Waals surface area contributed by atoms with Gasteiger partial charge >= 0.3 is 0 Å². The maximum absolute atomic E-state index is 12.3. The average Bonchev–Trinajstić information content (AvgIpc) is 2.78. The van der Waals surface area contributed by atoms with Crippen LogP contribution < -0.4 is 11.1 Å². The summed E-state index contributed by atoms with van der Waals surface area (Å²) < 4.78 is 0. The lowest BCUT2D eigenvalue weighted by Gasteiger charge is -2.31. The molecule has 0 aromatic heterocycles. The van der Waals surface area contributed by atoms with Crippen LogP contribution in [0.1, 0.15) is 45.4 Å². The number of amides is 2. The topological polar surface area (TPSA) is 72.2 Å². The van der Waals surface area contributed by atoms with Crippen molar-refractivity contribution in [1.82, 2.24) is 5.32 Å². The molecule has 0 aromatic carbocycles. The lowest BCUT2D eigenvalue weighted by Crippen LogP contribution is -2.49. The van der Waals surface area contributed by atoms with E-state index in [4.69, 9.17) is 5.73 Å². The third-order valence-electron chi connectivity index (χ3n) is 4.37. The quantitative estimate of drug-likeness (QED) is 0.745. The van der Waals surface area contributed by atoms with Crippen LogP contribution in [0.5, 0.6) is 0 Å². The van der Waals surface area contributed by atoms with Gasteiger partial charge in [0.2, 0.25) is 11.8 Å². The molecular formula is C14H22N2O2. The van der Waals surface area contributed by atoms with Crippen LogP contribution in [0.15, 0.2) is 12.2 Å². The van der Waals surface area contributed by atoms with Gasteiger partial charge < -0.3 is 11.1 Å². The van der Waals surface area contributed by atoms with Gasteiger partial charge in [0, 0.05) is 11.5 Å². The standard InChI is InChI=1S/C14H22N2O2/c1-14(8-4-5-9-14)13(18)16-11-7-3-2-6-10(11)12(15)17/h2-3,10-11H,4-9H2,1H3,(H2,15,17)(H,16,18)/t10-,11-/m1/s1. The summed E-state index contributed by atoms with van der Waals surface area (Å²) >= 11 is 0. The molecule has 0 heterocycles. The van der Waals surface area contributed by atoms with Crippen LogP contribution >= 0.6 is 0 Å². The minimum Gasteiger partial charge on any atom is -0.369 e. The Morgan fingerprint density at radius 1 is 1.22 bits per heavy atom. The Balaban J connectivity index is 2.01. The smallest absolute Gasteiger partial charge is 0.226 e. The predicted octanol–water partition coefficient (Wildman–Crippen LogP) is 1.50. The van der Waals surface area contributed by atoms with Crippen molar-refractivity contribution >= 4 is 11.8 Å². The fraction of sp³-hybridized carbons (Fsp3) is 0.714. The molecule has 0 saturated heterocycles. The van der Waals surface area contributed by atoms with Crippen molar-refractivity contribution < 1.29 is 9.59 Å². The lowest BCUT2D eigenvalue weighted by molar-refractivity contribution is -0.131. The summed E-state index contributed by atoms with van der Waals surface area (Å²) in [4.78, 5) is 23.7. The van der Waals surface area contributed by atoms with E-state index in [1.54, 1.807) is 0 Å².